The first-order valence-corrected chi connectivity index (χ1v) is 8.48. The lowest BCUT2D eigenvalue weighted by molar-refractivity contribution is 0.102. The highest BCUT2D eigenvalue weighted by Gasteiger charge is 2.19. The van der Waals surface area contributed by atoms with E-state index in [2.05, 4.69) is 17.4 Å². The van der Waals surface area contributed by atoms with Crippen LogP contribution in [0.25, 0.3) is 32.3 Å². The third-order valence-electron chi connectivity index (χ3n) is 4.89. The Balaban J connectivity index is 1.79. The quantitative estimate of drug-likeness (QED) is 0.415. The van der Waals surface area contributed by atoms with Crippen molar-refractivity contribution in [2.45, 2.75) is 0 Å². The molecule has 0 spiro atoms. The highest BCUT2D eigenvalue weighted by atomic mass is 16.3. The molecule has 0 aliphatic carbocycles. The number of carbonyl (C=O) groups excluding carboxylic acids is 1. The molecule has 5 aromatic carbocycles. The van der Waals surface area contributed by atoms with Crippen LogP contribution >= 0.6 is 0 Å². The average molecular weight is 337 g/mol. The molecule has 0 bridgehead atoms. The number of aromatic hydroxyl groups is 1. The molecule has 26 heavy (non-hydrogen) atoms. The van der Waals surface area contributed by atoms with Gasteiger partial charge in [-0.3, -0.25) is 4.79 Å². The molecule has 0 saturated heterocycles. The van der Waals surface area contributed by atoms with Gasteiger partial charge in [0, 0.05) is 5.69 Å². The van der Waals surface area contributed by atoms with Crippen LogP contribution in [0.1, 0.15) is 10.4 Å². The van der Waals surface area contributed by atoms with Crippen molar-refractivity contribution in [2.75, 3.05) is 5.32 Å². The molecule has 0 radical (unpaired) electrons. The Hall–Kier alpha value is -3.59. The summed E-state index contributed by atoms with van der Waals surface area (Å²) < 4.78 is 0. The Kier molecular flexibility index (Phi) is 3.09. The molecular weight excluding hydrogens is 322 g/mol. The van der Waals surface area contributed by atoms with Gasteiger partial charge in [0.05, 0.1) is 5.56 Å². The molecule has 124 valence electrons. The summed E-state index contributed by atoms with van der Waals surface area (Å²) in [6.45, 7) is 0. The van der Waals surface area contributed by atoms with Crippen LogP contribution in [0.5, 0.6) is 5.75 Å². The zero-order chi connectivity index (χ0) is 17.7. The molecule has 2 N–H and O–H groups in total. The van der Waals surface area contributed by atoms with E-state index in [1.54, 1.807) is 6.07 Å². The summed E-state index contributed by atoms with van der Waals surface area (Å²) in [5.41, 5.74) is 1.00. The largest absolute Gasteiger partial charge is 0.507 e. The van der Waals surface area contributed by atoms with Crippen LogP contribution in [0.4, 0.5) is 5.69 Å². The van der Waals surface area contributed by atoms with Gasteiger partial charge in [-0.1, -0.05) is 60.7 Å². The Labute approximate surface area is 149 Å². The summed E-state index contributed by atoms with van der Waals surface area (Å²) in [7, 11) is 0. The number of benzene rings is 5. The van der Waals surface area contributed by atoms with E-state index in [0.29, 0.717) is 11.3 Å². The Morgan fingerprint density at radius 1 is 0.731 bits per heavy atom. The number of phenolic OH excluding ortho intramolecular Hbond substituents is 1. The van der Waals surface area contributed by atoms with Crippen molar-refractivity contribution in [3.05, 3.63) is 84.4 Å². The Bertz CT molecular complexity index is 1260. The predicted octanol–water partition coefficient (Wildman–Crippen LogP) is 5.54. The van der Waals surface area contributed by atoms with E-state index < -0.39 is 0 Å². The molecular formula is C23H15NO2. The second kappa shape index (κ2) is 5.46. The van der Waals surface area contributed by atoms with Crippen LogP contribution in [0.2, 0.25) is 0 Å². The molecule has 0 unspecified atom stereocenters. The van der Waals surface area contributed by atoms with E-state index in [0.717, 1.165) is 32.3 Å². The van der Waals surface area contributed by atoms with Crippen molar-refractivity contribution in [2.24, 2.45) is 0 Å². The maximum atomic E-state index is 12.9. The van der Waals surface area contributed by atoms with Gasteiger partial charge in [-0.25, -0.2) is 0 Å². The van der Waals surface area contributed by atoms with Crippen LogP contribution in [0, 0.1) is 0 Å². The topological polar surface area (TPSA) is 49.3 Å². The number of phenols is 1. The molecule has 3 nitrogen and oxygen atoms in total. The van der Waals surface area contributed by atoms with Crippen molar-refractivity contribution in [1.29, 1.82) is 0 Å². The van der Waals surface area contributed by atoms with Crippen LogP contribution in [-0.2, 0) is 0 Å². The zero-order valence-corrected chi connectivity index (χ0v) is 13.9. The Morgan fingerprint density at radius 2 is 1.42 bits per heavy atom. The van der Waals surface area contributed by atoms with Gasteiger partial charge in [-0.2, -0.15) is 0 Å². The lowest BCUT2D eigenvalue weighted by Crippen LogP contribution is -2.12. The lowest BCUT2D eigenvalue weighted by atomic mass is 9.91. The predicted molar refractivity (Wildman–Crippen MR) is 106 cm³/mol. The first-order valence-electron chi connectivity index (χ1n) is 8.48. The van der Waals surface area contributed by atoms with Gasteiger partial charge >= 0.3 is 0 Å². The first-order chi connectivity index (χ1) is 12.7. The molecule has 0 heterocycles. The SMILES string of the molecule is O=C(Nc1ccccc1)c1c(O)cc2ccc3cccc4ccc1c2c34. The molecule has 0 atom stereocenters. The van der Waals surface area contributed by atoms with Crippen molar-refractivity contribution in [3.8, 4) is 5.75 Å². The van der Waals surface area contributed by atoms with Crippen molar-refractivity contribution in [1.82, 2.24) is 0 Å². The summed E-state index contributed by atoms with van der Waals surface area (Å²) in [4.78, 5) is 12.9. The van der Waals surface area contributed by atoms with Gasteiger partial charge < -0.3 is 10.4 Å². The molecule has 0 fully saturated rings. The molecule has 0 aliphatic rings. The lowest BCUT2D eigenvalue weighted by Gasteiger charge is -2.15. The third-order valence-corrected chi connectivity index (χ3v) is 4.89. The van der Waals surface area contributed by atoms with Crippen LogP contribution in [-0.4, -0.2) is 11.0 Å². The van der Waals surface area contributed by atoms with Gasteiger partial charge in [-0.15, -0.1) is 0 Å². The van der Waals surface area contributed by atoms with E-state index >= 15 is 0 Å². The molecule has 5 aromatic rings. The van der Waals surface area contributed by atoms with E-state index in [9.17, 15) is 9.90 Å². The van der Waals surface area contributed by atoms with Gasteiger partial charge in [-0.05, 0) is 50.5 Å². The van der Waals surface area contributed by atoms with Crippen LogP contribution in [0.15, 0.2) is 78.9 Å². The summed E-state index contributed by atoms with van der Waals surface area (Å²) in [5.74, 6) is -0.323. The molecule has 3 heteroatoms. The highest BCUT2D eigenvalue weighted by Crippen LogP contribution is 2.39. The van der Waals surface area contributed by atoms with Crippen molar-refractivity contribution >= 4 is 43.9 Å². The number of carbonyl (C=O) groups is 1. The first kappa shape index (κ1) is 14.7. The van der Waals surface area contributed by atoms with Gasteiger partial charge in [0.2, 0.25) is 0 Å². The van der Waals surface area contributed by atoms with Gasteiger partial charge in [0.25, 0.3) is 5.91 Å². The smallest absolute Gasteiger partial charge is 0.260 e. The third kappa shape index (κ3) is 2.11. The molecule has 0 saturated carbocycles. The molecule has 1 amide bonds. The minimum atomic E-state index is -0.313. The maximum Gasteiger partial charge on any atom is 0.260 e. The van der Waals surface area contributed by atoms with E-state index in [4.69, 9.17) is 0 Å². The highest BCUT2D eigenvalue weighted by molar-refractivity contribution is 6.28. The zero-order valence-electron chi connectivity index (χ0n) is 13.9. The number of amides is 1. The van der Waals surface area contributed by atoms with E-state index in [1.807, 2.05) is 60.7 Å². The minimum Gasteiger partial charge on any atom is -0.507 e. The standard InChI is InChI=1S/C23H15NO2/c25-19-13-16-10-9-14-5-4-6-15-11-12-18(21(16)20(14)15)22(19)23(26)24-17-7-2-1-3-8-17/h1-13,25H,(H,24,26). The number of anilines is 1. The van der Waals surface area contributed by atoms with Crippen molar-refractivity contribution in [3.63, 3.8) is 0 Å². The number of rotatable bonds is 2. The number of nitrogens with one attached hydrogen (secondary N) is 1. The normalized spacial score (nSPS) is 11.4. The number of hydrogen-bond acceptors (Lipinski definition) is 2. The number of hydrogen-bond donors (Lipinski definition) is 2. The minimum absolute atomic E-state index is 0.00990. The fourth-order valence-corrected chi connectivity index (χ4v) is 3.75. The Morgan fingerprint density at radius 3 is 2.19 bits per heavy atom. The van der Waals surface area contributed by atoms with Crippen LogP contribution < -0.4 is 5.32 Å². The van der Waals surface area contributed by atoms with Crippen molar-refractivity contribution < 1.29 is 9.90 Å². The van der Waals surface area contributed by atoms with E-state index in [1.165, 1.54) is 0 Å². The number of para-hydroxylation sites is 1. The maximum absolute atomic E-state index is 12.9. The molecule has 5 rings (SSSR count). The monoisotopic (exact) mass is 337 g/mol. The second-order valence-corrected chi connectivity index (χ2v) is 6.45. The summed E-state index contributed by atoms with van der Waals surface area (Å²) in [5, 5.41) is 19.5. The summed E-state index contributed by atoms with van der Waals surface area (Å²) in [6, 6.07) is 25.1. The van der Waals surface area contributed by atoms with Gasteiger partial charge in [0.1, 0.15) is 5.75 Å². The van der Waals surface area contributed by atoms with Crippen LogP contribution in [0.3, 0.4) is 0 Å². The summed E-state index contributed by atoms with van der Waals surface area (Å²) in [6.07, 6.45) is 0. The fourth-order valence-electron chi connectivity index (χ4n) is 3.75. The molecule has 0 aliphatic heterocycles. The van der Waals surface area contributed by atoms with E-state index in [-0.39, 0.29) is 11.7 Å². The summed E-state index contributed by atoms with van der Waals surface area (Å²) >= 11 is 0. The average Bonchev–Trinajstić information content (AvgIpc) is 2.66. The molecule has 0 aromatic heterocycles. The second-order valence-electron chi connectivity index (χ2n) is 6.45. The van der Waals surface area contributed by atoms with Gasteiger partial charge in [0.15, 0.2) is 0 Å². The fraction of sp³-hybridized carbons (Fsp3) is 0.